The summed E-state index contributed by atoms with van der Waals surface area (Å²) in [5.41, 5.74) is 2.87. The summed E-state index contributed by atoms with van der Waals surface area (Å²) in [5.74, 6) is 0.00820. The van der Waals surface area contributed by atoms with Crippen LogP contribution in [0.15, 0.2) is 30.7 Å². The molecule has 2 aliphatic heterocycles. The number of piperidine rings is 1. The Hall–Kier alpha value is -1.77. The number of hydrogen-bond acceptors (Lipinski definition) is 3. The van der Waals surface area contributed by atoms with Gasteiger partial charge in [-0.2, -0.15) is 12.7 Å². The van der Waals surface area contributed by atoms with Crippen molar-refractivity contribution in [2.24, 2.45) is 11.1 Å². The number of halogens is 1. The van der Waals surface area contributed by atoms with Crippen LogP contribution in [-0.4, -0.2) is 35.4 Å². The normalized spacial score (nSPS) is 22.1. The van der Waals surface area contributed by atoms with Gasteiger partial charge in [-0.3, -0.25) is 0 Å². The van der Waals surface area contributed by atoms with Crippen molar-refractivity contribution >= 4 is 10.2 Å². The molecule has 1 saturated heterocycles. The highest BCUT2D eigenvalue weighted by molar-refractivity contribution is 7.86. The van der Waals surface area contributed by atoms with Crippen LogP contribution in [0.4, 0.5) is 4.39 Å². The second-order valence-corrected chi connectivity index (χ2v) is 7.69. The van der Waals surface area contributed by atoms with Crippen LogP contribution in [-0.2, 0) is 10.2 Å². The van der Waals surface area contributed by atoms with Crippen molar-refractivity contribution in [3.63, 3.8) is 0 Å². The lowest BCUT2D eigenvalue weighted by molar-refractivity contribution is 0.232. The Kier molecular flexibility index (Phi) is 3.29. The zero-order chi connectivity index (χ0) is 16.2. The summed E-state index contributed by atoms with van der Waals surface area (Å²) in [5, 5.41) is 5.20. The van der Waals surface area contributed by atoms with E-state index < -0.39 is 10.2 Å². The van der Waals surface area contributed by atoms with Gasteiger partial charge in [-0.05, 0) is 36.5 Å². The Morgan fingerprint density at radius 3 is 2.70 bits per heavy atom. The summed E-state index contributed by atoms with van der Waals surface area (Å²) in [7, 11) is -3.62. The van der Waals surface area contributed by atoms with E-state index in [0.717, 1.165) is 29.7 Å². The number of rotatable bonds is 2. The fraction of sp³-hybridized carbons (Fsp3) is 0.400. The Balaban J connectivity index is 1.66. The molecule has 2 aromatic rings. The molecule has 0 saturated carbocycles. The van der Waals surface area contributed by atoms with Crippen molar-refractivity contribution in [1.29, 1.82) is 0 Å². The number of imidazole rings is 1. The first kappa shape index (κ1) is 14.8. The first-order valence-corrected chi connectivity index (χ1v) is 9.05. The number of benzene rings is 1. The van der Waals surface area contributed by atoms with Crippen LogP contribution in [0.3, 0.4) is 0 Å². The molecule has 23 heavy (non-hydrogen) atoms. The van der Waals surface area contributed by atoms with Crippen LogP contribution >= 0.6 is 0 Å². The summed E-state index contributed by atoms with van der Waals surface area (Å²) < 4.78 is 39.9. The minimum absolute atomic E-state index is 0.0747. The maximum atomic E-state index is 13.6. The van der Waals surface area contributed by atoms with Crippen molar-refractivity contribution in [1.82, 2.24) is 13.9 Å². The van der Waals surface area contributed by atoms with Crippen LogP contribution < -0.4 is 5.14 Å². The minimum Gasteiger partial charge on any atom is -0.323 e. The van der Waals surface area contributed by atoms with Gasteiger partial charge in [-0.25, -0.2) is 14.5 Å². The molecule has 1 fully saturated rings. The van der Waals surface area contributed by atoms with E-state index in [1.807, 2.05) is 6.07 Å². The van der Waals surface area contributed by atoms with Crippen LogP contribution in [0.2, 0.25) is 0 Å². The second kappa shape index (κ2) is 5.12. The first-order valence-electron chi connectivity index (χ1n) is 7.54. The number of fused-ring (bicyclic) bond motifs is 3. The smallest absolute Gasteiger partial charge is 0.276 e. The van der Waals surface area contributed by atoms with Crippen molar-refractivity contribution < 1.29 is 12.8 Å². The molecule has 0 unspecified atom stereocenters. The predicted octanol–water partition coefficient (Wildman–Crippen LogP) is 1.51. The number of hydrogen-bond donors (Lipinski definition) is 1. The van der Waals surface area contributed by atoms with Gasteiger partial charge in [0.1, 0.15) is 5.82 Å². The molecule has 0 bridgehead atoms. The van der Waals surface area contributed by atoms with Gasteiger partial charge in [0.15, 0.2) is 0 Å². The van der Waals surface area contributed by atoms with E-state index in [2.05, 4.69) is 9.55 Å². The second-order valence-electron chi connectivity index (χ2n) is 6.14. The third-order valence-electron chi connectivity index (χ3n) is 4.88. The summed E-state index contributed by atoms with van der Waals surface area (Å²) >= 11 is 0. The van der Waals surface area contributed by atoms with E-state index in [9.17, 15) is 12.8 Å². The monoisotopic (exact) mass is 336 g/mol. The van der Waals surface area contributed by atoms with Gasteiger partial charge in [0.25, 0.3) is 10.2 Å². The average Bonchev–Trinajstić information content (AvgIpc) is 3.07. The fourth-order valence-corrected chi connectivity index (χ4v) is 4.54. The lowest BCUT2D eigenvalue weighted by atomic mass is 9.86. The lowest BCUT2D eigenvalue weighted by Crippen LogP contribution is -2.43. The van der Waals surface area contributed by atoms with Gasteiger partial charge in [0.05, 0.1) is 24.3 Å². The molecule has 1 atom stereocenters. The largest absolute Gasteiger partial charge is 0.323 e. The van der Waals surface area contributed by atoms with Gasteiger partial charge >= 0.3 is 0 Å². The zero-order valence-electron chi connectivity index (χ0n) is 12.4. The topological polar surface area (TPSA) is 81.2 Å². The molecular weight excluding hydrogens is 319 g/mol. The van der Waals surface area contributed by atoms with Gasteiger partial charge in [-0.1, -0.05) is 6.07 Å². The highest BCUT2D eigenvalue weighted by Crippen LogP contribution is 2.45. The van der Waals surface area contributed by atoms with E-state index in [0.29, 0.717) is 13.1 Å². The Labute approximate surface area is 133 Å². The van der Waals surface area contributed by atoms with Crippen LogP contribution in [0.5, 0.6) is 0 Å². The van der Waals surface area contributed by atoms with Crippen molar-refractivity contribution in [2.45, 2.75) is 18.9 Å². The summed E-state index contributed by atoms with van der Waals surface area (Å²) in [6.07, 6.45) is 4.95. The number of nitrogens with two attached hydrogens (primary N) is 1. The predicted molar refractivity (Wildman–Crippen MR) is 83.2 cm³/mol. The minimum atomic E-state index is -3.62. The quantitative estimate of drug-likeness (QED) is 0.902. The van der Waals surface area contributed by atoms with E-state index in [1.54, 1.807) is 18.6 Å². The maximum absolute atomic E-state index is 13.6. The third-order valence-corrected chi connectivity index (χ3v) is 5.97. The molecular formula is C15H17FN4O2S. The van der Waals surface area contributed by atoms with Gasteiger partial charge in [0.2, 0.25) is 0 Å². The van der Waals surface area contributed by atoms with Gasteiger partial charge in [0, 0.05) is 18.7 Å². The molecule has 8 heteroatoms. The van der Waals surface area contributed by atoms with E-state index in [4.69, 9.17) is 5.14 Å². The van der Waals surface area contributed by atoms with Crippen molar-refractivity contribution in [3.05, 3.63) is 42.1 Å². The third kappa shape index (κ3) is 2.37. The molecule has 6 nitrogen and oxygen atoms in total. The molecule has 1 aromatic carbocycles. The summed E-state index contributed by atoms with van der Waals surface area (Å²) in [6.45, 7) is 0.834. The van der Waals surface area contributed by atoms with Crippen LogP contribution in [0.1, 0.15) is 24.4 Å². The van der Waals surface area contributed by atoms with E-state index >= 15 is 0 Å². The fourth-order valence-electron chi connectivity index (χ4n) is 3.82. The SMILES string of the molecule is NS(=O)(=O)N1CCC([C@H]2c3ccc(F)cc3-c3cncn32)CC1. The summed E-state index contributed by atoms with van der Waals surface area (Å²) in [6, 6.07) is 4.92. The molecule has 2 aliphatic rings. The molecule has 4 rings (SSSR count). The number of aromatic nitrogens is 2. The molecule has 122 valence electrons. The van der Waals surface area contributed by atoms with E-state index in [-0.39, 0.29) is 17.8 Å². The molecule has 2 N–H and O–H groups in total. The van der Waals surface area contributed by atoms with Gasteiger partial charge in [-0.15, -0.1) is 0 Å². The Morgan fingerprint density at radius 2 is 2.00 bits per heavy atom. The van der Waals surface area contributed by atoms with Crippen LogP contribution in [0.25, 0.3) is 11.3 Å². The van der Waals surface area contributed by atoms with Gasteiger partial charge < -0.3 is 4.57 Å². The molecule has 0 spiro atoms. The molecule has 1 aromatic heterocycles. The Morgan fingerprint density at radius 1 is 1.26 bits per heavy atom. The zero-order valence-corrected chi connectivity index (χ0v) is 13.2. The van der Waals surface area contributed by atoms with Crippen molar-refractivity contribution in [2.75, 3.05) is 13.1 Å². The highest BCUT2D eigenvalue weighted by atomic mass is 32.2. The first-order chi connectivity index (χ1) is 10.9. The van der Waals surface area contributed by atoms with Crippen molar-refractivity contribution in [3.8, 4) is 11.3 Å². The summed E-state index contributed by atoms with van der Waals surface area (Å²) in [4.78, 5) is 4.19. The molecule has 3 heterocycles. The molecule has 0 aliphatic carbocycles. The maximum Gasteiger partial charge on any atom is 0.276 e. The highest BCUT2D eigenvalue weighted by Gasteiger charge is 2.37. The average molecular weight is 336 g/mol. The number of nitrogens with zero attached hydrogens (tertiary/aromatic N) is 3. The molecule has 0 amide bonds. The van der Waals surface area contributed by atoms with Crippen LogP contribution in [0, 0.1) is 11.7 Å². The lowest BCUT2D eigenvalue weighted by Gasteiger charge is -2.34. The standard InChI is InChI=1S/C15H17FN4O2S/c16-11-1-2-12-13(7-11)14-8-18-9-20(14)15(12)10-3-5-19(6-4-10)23(17,21)22/h1-2,7-10,15H,3-6H2,(H2,17,21,22)/t15-/m0/s1. The van der Waals surface area contributed by atoms with E-state index in [1.165, 1.54) is 10.4 Å². The molecule has 0 radical (unpaired) electrons. The Bertz CT molecular complexity index is 856.